The molecule has 0 amide bonds. The van der Waals surface area contributed by atoms with E-state index in [1.807, 2.05) is 19.1 Å². The van der Waals surface area contributed by atoms with Crippen LogP contribution < -0.4 is 14.2 Å². The molecule has 1 aliphatic carbocycles. The van der Waals surface area contributed by atoms with Gasteiger partial charge in [-0.1, -0.05) is 32.2 Å². The van der Waals surface area contributed by atoms with Crippen molar-refractivity contribution in [2.45, 2.75) is 33.1 Å². The van der Waals surface area contributed by atoms with Gasteiger partial charge in [0.25, 0.3) is 0 Å². The van der Waals surface area contributed by atoms with Gasteiger partial charge in [0.15, 0.2) is 0 Å². The molecule has 1 atom stereocenters. The number of esters is 4. The van der Waals surface area contributed by atoms with Crippen LogP contribution in [0.2, 0.25) is 0 Å². The first-order valence-electron chi connectivity index (χ1n) is 12.6. The van der Waals surface area contributed by atoms with Crippen LogP contribution in [0.5, 0.6) is 17.2 Å². The molecule has 0 saturated carbocycles. The van der Waals surface area contributed by atoms with Gasteiger partial charge in [-0.25, -0.2) is 14.4 Å². The van der Waals surface area contributed by atoms with E-state index < -0.39 is 23.9 Å². The molecule has 0 aromatic heterocycles. The summed E-state index contributed by atoms with van der Waals surface area (Å²) in [5.41, 5.74) is 4.44. The zero-order chi connectivity index (χ0) is 29.0. The highest BCUT2D eigenvalue weighted by Crippen LogP contribution is 2.46. The predicted molar refractivity (Wildman–Crippen MR) is 147 cm³/mol. The van der Waals surface area contributed by atoms with E-state index in [1.165, 1.54) is 24.3 Å². The fraction of sp³-hybridized carbons (Fsp3) is 0.188. The quantitative estimate of drug-likeness (QED) is 0.187. The Morgan fingerprint density at radius 3 is 1.93 bits per heavy atom. The maximum absolute atomic E-state index is 12.9. The molecule has 40 heavy (non-hydrogen) atoms. The van der Waals surface area contributed by atoms with Gasteiger partial charge in [-0.15, -0.1) is 0 Å². The SMILES string of the molecule is C=C(C)C(=O)Oc1ccc(OC(=O)c2ccc3c(c2)C(C)c2cc(OC(=O)C(=C)CC(=O)OCC)ccc2-3)cc1. The highest BCUT2D eigenvalue weighted by molar-refractivity contribution is 5.95. The Bertz CT molecular complexity index is 1530. The van der Waals surface area contributed by atoms with Crippen LogP contribution in [0.25, 0.3) is 11.1 Å². The van der Waals surface area contributed by atoms with Crippen LogP contribution in [0, 0.1) is 0 Å². The third kappa shape index (κ3) is 6.18. The Labute approximate surface area is 231 Å². The summed E-state index contributed by atoms with van der Waals surface area (Å²) in [7, 11) is 0. The van der Waals surface area contributed by atoms with E-state index in [4.69, 9.17) is 18.9 Å². The van der Waals surface area contributed by atoms with E-state index >= 15 is 0 Å². The molecule has 0 N–H and O–H groups in total. The number of fused-ring (bicyclic) bond motifs is 3. The Balaban J connectivity index is 1.44. The summed E-state index contributed by atoms with van der Waals surface area (Å²) >= 11 is 0. The van der Waals surface area contributed by atoms with Crippen molar-refractivity contribution in [3.63, 3.8) is 0 Å². The fourth-order valence-electron chi connectivity index (χ4n) is 4.24. The molecule has 0 radical (unpaired) electrons. The third-order valence-corrected chi connectivity index (χ3v) is 6.29. The number of carbonyl (C=O) groups excluding carboxylic acids is 4. The van der Waals surface area contributed by atoms with Gasteiger partial charge in [-0.05, 0) is 84.6 Å². The molecule has 0 heterocycles. The number of ether oxygens (including phenoxy) is 4. The average Bonchev–Trinajstić information content (AvgIpc) is 3.20. The molecule has 0 bridgehead atoms. The molecule has 1 unspecified atom stereocenters. The Kier molecular flexibility index (Phi) is 8.29. The number of carbonyl (C=O) groups is 4. The molecule has 4 rings (SSSR count). The highest BCUT2D eigenvalue weighted by Gasteiger charge is 2.28. The molecule has 3 aromatic rings. The van der Waals surface area contributed by atoms with E-state index in [0.717, 1.165) is 22.3 Å². The maximum Gasteiger partial charge on any atom is 0.343 e. The maximum atomic E-state index is 12.9. The second kappa shape index (κ2) is 11.8. The van der Waals surface area contributed by atoms with E-state index in [2.05, 4.69) is 13.2 Å². The summed E-state index contributed by atoms with van der Waals surface area (Å²) in [5.74, 6) is -1.47. The van der Waals surface area contributed by atoms with Crippen molar-refractivity contribution in [3.8, 4) is 28.4 Å². The number of hydrogen-bond donors (Lipinski definition) is 0. The first-order chi connectivity index (χ1) is 19.1. The van der Waals surface area contributed by atoms with Crippen molar-refractivity contribution < 1.29 is 38.1 Å². The van der Waals surface area contributed by atoms with Crippen LogP contribution in [-0.2, 0) is 19.1 Å². The van der Waals surface area contributed by atoms with Crippen molar-refractivity contribution in [2.75, 3.05) is 6.61 Å². The molecule has 1 aliphatic rings. The smallest absolute Gasteiger partial charge is 0.343 e. The minimum atomic E-state index is -0.705. The standard InChI is InChI=1S/C32H28O8/c1-6-37-29(33)15-19(4)31(35)40-24-12-14-26-25-13-7-21(16-27(25)20(5)28(26)17-24)32(36)39-23-10-8-22(9-11-23)38-30(34)18(2)3/h7-14,16-17,20H,2,4,6,15H2,1,3,5H3. The van der Waals surface area contributed by atoms with Crippen molar-refractivity contribution in [1.82, 2.24) is 0 Å². The topological polar surface area (TPSA) is 105 Å². The zero-order valence-corrected chi connectivity index (χ0v) is 22.4. The first kappa shape index (κ1) is 28.0. The van der Waals surface area contributed by atoms with E-state index in [-0.39, 0.29) is 30.1 Å². The Morgan fingerprint density at radius 2 is 1.30 bits per heavy atom. The summed E-state index contributed by atoms with van der Waals surface area (Å²) in [6.45, 7) is 12.6. The van der Waals surface area contributed by atoms with Crippen LogP contribution in [-0.4, -0.2) is 30.5 Å². The van der Waals surface area contributed by atoms with Gasteiger partial charge in [0, 0.05) is 17.1 Å². The molecule has 0 fully saturated rings. The largest absolute Gasteiger partial charge is 0.466 e. The zero-order valence-electron chi connectivity index (χ0n) is 22.4. The van der Waals surface area contributed by atoms with E-state index in [0.29, 0.717) is 22.8 Å². The number of benzene rings is 3. The van der Waals surface area contributed by atoms with Gasteiger partial charge in [0.1, 0.15) is 17.2 Å². The van der Waals surface area contributed by atoms with Crippen LogP contribution in [0.15, 0.2) is 85.0 Å². The molecule has 8 heteroatoms. The normalized spacial score (nSPS) is 12.9. The van der Waals surface area contributed by atoms with Gasteiger partial charge < -0.3 is 18.9 Å². The van der Waals surface area contributed by atoms with E-state index in [1.54, 1.807) is 38.1 Å². The molecule has 0 aliphatic heterocycles. The summed E-state index contributed by atoms with van der Waals surface area (Å²) in [6.07, 6.45) is -0.245. The molecule has 8 nitrogen and oxygen atoms in total. The van der Waals surface area contributed by atoms with Crippen molar-refractivity contribution in [3.05, 3.63) is 102 Å². The lowest BCUT2D eigenvalue weighted by atomic mass is 9.98. The molecular weight excluding hydrogens is 512 g/mol. The van der Waals surface area contributed by atoms with Gasteiger partial charge in [0.2, 0.25) is 0 Å². The average molecular weight is 541 g/mol. The lowest BCUT2D eigenvalue weighted by Gasteiger charge is -2.10. The van der Waals surface area contributed by atoms with E-state index in [9.17, 15) is 19.2 Å². The minimum absolute atomic E-state index is 0.000882. The molecule has 0 spiro atoms. The summed E-state index contributed by atoms with van der Waals surface area (Å²) in [6, 6.07) is 16.8. The Morgan fingerprint density at radius 1 is 0.750 bits per heavy atom. The molecule has 0 saturated heterocycles. The summed E-state index contributed by atoms with van der Waals surface area (Å²) < 4.78 is 21.0. The van der Waals surface area contributed by atoms with Crippen LogP contribution in [0.3, 0.4) is 0 Å². The summed E-state index contributed by atoms with van der Waals surface area (Å²) in [4.78, 5) is 48.6. The van der Waals surface area contributed by atoms with Crippen LogP contribution in [0.1, 0.15) is 54.6 Å². The second-order valence-electron chi connectivity index (χ2n) is 9.28. The van der Waals surface area contributed by atoms with Gasteiger partial charge in [-0.2, -0.15) is 0 Å². The minimum Gasteiger partial charge on any atom is -0.466 e. The van der Waals surface area contributed by atoms with Crippen molar-refractivity contribution >= 4 is 23.9 Å². The second-order valence-corrected chi connectivity index (χ2v) is 9.28. The third-order valence-electron chi connectivity index (χ3n) is 6.29. The number of rotatable bonds is 9. The molecular formula is C32H28O8. The molecule has 3 aromatic carbocycles. The fourth-order valence-corrected chi connectivity index (χ4v) is 4.24. The van der Waals surface area contributed by atoms with Crippen molar-refractivity contribution in [2.24, 2.45) is 0 Å². The van der Waals surface area contributed by atoms with Gasteiger partial charge in [-0.3, -0.25) is 4.79 Å². The van der Waals surface area contributed by atoms with Crippen molar-refractivity contribution in [1.29, 1.82) is 0 Å². The predicted octanol–water partition coefficient (Wildman–Crippen LogP) is 5.93. The highest BCUT2D eigenvalue weighted by atomic mass is 16.5. The lowest BCUT2D eigenvalue weighted by molar-refractivity contribution is -0.143. The van der Waals surface area contributed by atoms with Crippen LogP contribution >= 0.6 is 0 Å². The lowest BCUT2D eigenvalue weighted by Crippen LogP contribution is -2.15. The molecule has 204 valence electrons. The Hall–Kier alpha value is -4.98. The monoisotopic (exact) mass is 540 g/mol. The van der Waals surface area contributed by atoms with Crippen LogP contribution in [0.4, 0.5) is 0 Å². The van der Waals surface area contributed by atoms with Gasteiger partial charge >= 0.3 is 23.9 Å². The van der Waals surface area contributed by atoms with Gasteiger partial charge in [0.05, 0.1) is 18.6 Å². The summed E-state index contributed by atoms with van der Waals surface area (Å²) in [5, 5.41) is 0. The first-order valence-corrected chi connectivity index (χ1v) is 12.6. The number of hydrogen-bond acceptors (Lipinski definition) is 8.